The lowest BCUT2D eigenvalue weighted by Gasteiger charge is -2.04. The second kappa shape index (κ2) is 5.32. The largest absolute Gasteiger partial charge is 0.382 e. The highest BCUT2D eigenvalue weighted by atomic mass is 19.1. The summed E-state index contributed by atoms with van der Waals surface area (Å²) >= 11 is 0. The molecule has 106 valence electrons. The third-order valence-corrected chi connectivity index (χ3v) is 3.27. The van der Waals surface area contributed by atoms with Crippen LogP contribution in [0.15, 0.2) is 47.6 Å². The number of hydrogen-bond donors (Lipinski definition) is 1. The van der Waals surface area contributed by atoms with Crippen molar-refractivity contribution in [1.29, 1.82) is 0 Å². The van der Waals surface area contributed by atoms with Crippen molar-refractivity contribution in [1.82, 2.24) is 14.8 Å². The smallest absolute Gasteiger partial charge is 0.158 e. The van der Waals surface area contributed by atoms with E-state index in [1.54, 1.807) is 36.1 Å². The summed E-state index contributed by atoms with van der Waals surface area (Å²) in [5.74, 6) is 0.0658. The molecule has 2 aromatic heterocycles. The van der Waals surface area contributed by atoms with Crippen LogP contribution in [0, 0.1) is 5.82 Å². The third kappa shape index (κ3) is 2.35. The Kier molecular flexibility index (Phi) is 3.35. The summed E-state index contributed by atoms with van der Waals surface area (Å²) in [5, 5.41) is 5.23. The number of hydrogen-bond acceptors (Lipinski definition) is 3. The summed E-state index contributed by atoms with van der Waals surface area (Å²) in [6.45, 7) is 0.289. The summed E-state index contributed by atoms with van der Waals surface area (Å²) in [4.78, 5) is 8.28. The first kappa shape index (κ1) is 13.2. The Labute approximate surface area is 120 Å². The van der Waals surface area contributed by atoms with Crippen LogP contribution in [-0.2, 0) is 6.54 Å². The van der Waals surface area contributed by atoms with Gasteiger partial charge in [-0.2, -0.15) is 5.10 Å². The van der Waals surface area contributed by atoms with Crippen LogP contribution in [0.5, 0.6) is 0 Å². The van der Waals surface area contributed by atoms with E-state index in [2.05, 4.69) is 15.1 Å². The van der Waals surface area contributed by atoms with E-state index < -0.39 is 0 Å². The normalized spacial score (nSPS) is 12.0. The number of fused-ring (bicyclic) bond motifs is 1. The fourth-order valence-corrected chi connectivity index (χ4v) is 2.20. The molecule has 0 unspecified atom stereocenters. The summed E-state index contributed by atoms with van der Waals surface area (Å²) in [5.41, 5.74) is 7.64. The number of aromatic nitrogens is 3. The van der Waals surface area contributed by atoms with Crippen LogP contribution in [0.3, 0.4) is 0 Å². The summed E-state index contributed by atoms with van der Waals surface area (Å²) in [6, 6.07) is 10.3. The molecule has 0 aliphatic carbocycles. The van der Waals surface area contributed by atoms with Gasteiger partial charge in [-0.15, -0.1) is 0 Å². The van der Waals surface area contributed by atoms with Gasteiger partial charge in [0.05, 0.1) is 11.9 Å². The van der Waals surface area contributed by atoms with E-state index in [9.17, 15) is 4.39 Å². The van der Waals surface area contributed by atoms with Crippen LogP contribution in [-0.4, -0.2) is 27.6 Å². The topological polar surface area (TPSA) is 69.1 Å². The summed E-state index contributed by atoms with van der Waals surface area (Å²) in [6.07, 6.45) is 1.67. The zero-order valence-electron chi connectivity index (χ0n) is 11.5. The van der Waals surface area contributed by atoms with E-state index in [4.69, 9.17) is 5.73 Å². The molecule has 0 saturated carbocycles. The number of amidine groups is 1. The molecule has 3 rings (SSSR count). The molecule has 0 amide bonds. The molecule has 0 atom stereocenters. The molecule has 0 aliphatic heterocycles. The van der Waals surface area contributed by atoms with E-state index in [1.165, 1.54) is 6.07 Å². The van der Waals surface area contributed by atoms with Crippen molar-refractivity contribution in [2.75, 3.05) is 7.05 Å². The molecule has 0 radical (unpaired) electrons. The molecular weight excluding hydrogens is 269 g/mol. The second-order valence-corrected chi connectivity index (χ2v) is 4.58. The van der Waals surface area contributed by atoms with Gasteiger partial charge in [-0.3, -0.25) is 4.99 Å². The molecule has 21 heavy (non-hydrogen) atoms. The monoisotopic (exact) mass is 283 g/mol. The minimum atomic E-state index is -0.268. The number of halogens is 1. The minimum Gasteiger partial charge on any atom is -0.382 e. The predicted molar refractivity (Wildman–Crippen MR) is 79.7 cm³/mol. The van der Waals surface area contributed by atoms with Gasteiger partial charge in [0.2, 0.25) is 0 Å². The van der Waals surface area contributed by atoms with Crippen LogP contribution in [0.1, 0.15) is 11.3 Å². The van der Waals surface area contributed by atoms with Crippen LogP contribution in [0.4, 0.5) is 4.39 Å². The van der Waals surface area contributed by atoms with Gasteiger partial charge in [-0.1, -0.05) is 18.2 Å². The van der Waals surface area contributed by atoms with E-state index in [1.807, 2.05) is 12.1 Å². The average molecular weight is 283 g/mol. The highest BCUT2D eigenvalue weighted by Crippen LogP contribution is 2.18. The molecule has 2 N–H and O–H groups in total. The maximum absolute atomic E-state index is 13.8. The number of rotatable bonds is 3. The SMILES string of the molecule is CN=C(N)c1nn(Cc2ccccc2F)c2ncccc12. The Bertz CT molecular complexity index is 822. The Morgan fingerprint density at radius 3 is 2.86 bits per heavy atom. The molecule has 0 aliphatic rings. The van der Waals surface area contributed by atoms with Crippen molar-refractivity contribution in [2.24, 2.45) is 10.7 Å². The van der Waals surface area contributed by atoms with Gasteiger partial charge < -0.3 is 5.73 Å². The van der Waals surface area contributed by atoms with Crippen molar-refractivity contribution in [3.63, 3.8) is 0 Å². The first-order valence-electron chi connectivity index (χ1n) is 6.48. The van der Waals surface area contributed by atoms with Gasteiger partial charge >= 0.3 is 0 Å². The zero-order chi connectivity index (χ0) is 14.8. The van der Waals surface area contributed by atoms with Crippen LogP contribution >= 0.6 is 0 Å². The van der Waals surface area contributed by atoms with Gasteiger partial charge in [-0.25, -0.2) is 14.1 Å². The average Bonchev–Trinajstić information content (AvgIpc) is 2.88. The highest BCUT2D eigenvalue weighted by molar-refractivity contribution is 6.06. The number of pyridine rings is 1. The van der Waals surface area contributed by atoms with Crippen molar-refractivity contribution in [2.45, 2.75) is 6.54 Å². The lowest BCUT2D eigenvalue weighted by molar-refractivity contribution is 0.589. The molecule has 6 heteroatoms. The first-order chi connectivity index (χ1) is 10.2. The van der Waals surface area contributed by atoms with Crippen LogP contribution < -0.4 is 5.73 Å². The lowest BCUT2D eigenvalue weighted by Crippen LogP contribution is -2.15. The van der Waals surface area contributed by atoms with E-state index in [0.717, 1.165) is 5.39 Å². The molecule has 0 fully saturated rings. The van der Waals surface area contributed by atoms with Gasteiger partial charge in [0, 0.05) is 18.8 Å². The number of benzene rings is 1. The highest BCUT2D eigenvalue weighted by Gasteiger charge is 2.15. The molecule has 3 aromatic rings. The summed E-state index contributed by atoms with van der Waals surface area (Å²) in [7, 11) is 1.60. The fourth-order valence-electron chi connectivity index (χ4n) is 2.20. The van der Waals surface area contributed by atoms with Crippen molar-refractivity contribution < 1.29 is 4.39 Å². The number of nitrogens with two attached hydrogens (primary N) is 1. The zero-order valence-corrected chi connectivity index (χ0v) is 11.5. The van der Waals surface area contributed by atoms with Gasteiger partial charge in [0.25, 0.3) is 0 Å². The van der Waals surface area contributed by atoms with E-state index in [0.29, 0.717) is 22.7 Å². The van der Waals surface area contributed by atoms with Gasteiger partial charge in [0.15, 0.2) is 5.65 Å². The molecule has 0 bridgehead atoms. The van der Waals surface area contributed by atoms with Crippen LogP contribution in [0.25, 0.3) is 11.0 Å². The lowest BCUT2D eigenvalue weighted by atomic mass is 10.2. The van der Waals surface area contributed by atoms with Crippen LogP contribution in [0.2, 0.25) is 0 Å². The van der Waals surface area contributed by atoms with Gasteiger partial charge in [-0.05, 0) is 18.2 Å². The number of nitrogens with zero attached hydrogens (tertiary/aromatic N) is 4. The Balaban J connectivity index is 2.13. The predicted octanol–water partition coefficient (Wildman–Crippen LogP) is 1.95. The maximum Gasteiger partial charge on any atom is 0.158 e. The fraction of sp³-hybridized carbons (Fsp3) is 0.133. The molecular formula is C15H14FN5. The molecule has 0 spiro atoms. The van der Waals surface area contributed by atoms with Gasteiger partial charge in [0.1, 0.15) is 17.3 Å². The molecule has 5 nitrogen and oxygen atoms in total. The van der Waals surface area contributed by atoms with E-state index >= 15 is 0 Å². The first-order valence-corrected chi connectivity index (χ1v) is 6.48. The molecule has 2 heterocycles. The molecule has 1 aromatic carbocycles. The quantitative estimate of drug-likeness (QED) is 0.590. The van der Waals surface area contributed by atoms with E-state index in [-0.39, 0.29) is 12.4 Å². The molecule has 0 saturated heterocycles. The number of aliphatic imine (C=N–C) groups is 1. The summed E-state index contributed by atoms with van der Waals surface area (Å²) < 4.78 is 15.4. The minimum absolute atomic E-state index is 0.268. The third-order valence-electron chi connectivity index (χ3n) is 3.27. The van der Waals surface area contributed by atoms with Crippen molar-refractivity contribution in [3.8, 4) is 0 Å². The Hall–Kier alpha value is -2.76. The van der Waals surface area contributed by atoms with Crippen molar-refractivity contribution >= 4 is 16.9 Å². The standard InChI is InChI=1S/C15H14FN5/c1-18-14(17)13-11-6-4-8-19-15(11)21(20-13)9-10-5-2-3-7-12(10)16/h2-8H,9H2,1H3,(H2,17,18). The second-order valence-electron chi connectivity index (χ2n) is 4.58. The Morgan fingerprint density at radius 1 is 1.29 bits per heavy atom. The maximum atomic E-state index is 13.8. The van der Waals surface area contributed by atoms with Crippen molar-refractivity contribution in [3.05, 3.63) is 59.7 Å². The Morgan fingerprint density at radius 2 is 2.10 bits per heavy atom.